The molecule has 0 saturated heterocycles. The van der Waals surface area contributed by atoms with Gasteiger partial charge in [0.15, 0.2) is 0 Å². The molecule has 0 aromatic carbocycles. The smallest absolute Gasteiger partial charge is 0.309 e. The number of hydrogen-bond donors (Lipinski definition) is 1. The van der Waals surface area contributed by atoms with Crippen molar-refractivity contribution in [2.45, 2.75) is 45.6 Å². The van der Waals surface area contributed by atoms with Crippen molar-refractivity contribution in [2.24, 2.45) is 17.8 Å². The third-order valence-corrected chi connectivity index (χ3v) is 6.17. The van der Waals surface area contributed by atoms with Crippen molar-refractivity contribution < 1.29 is 14.6 Å². The van der Waals surface area contributed by atoms with Crippen molar-refractivity contribution in [3.05, 3.63) is 15.0 Å². The van der Waals surface area contributed by atoms with Crippen molar-refractivity contribution in [3.63, 3.8) is 0 Å². The van der Waals surface area contributed by atoms with Gasteiger partial charge in [-0.2, -0.15) is 0 Å². The van der Waals surface area contributed by atoms with E-state index in [-0.39, 0.29) is 23.7 Å². The van der Waals surface area contributed by atoms with Crippen LogP contribution >= 0.6 is 27.3 Å². The van der Waals surface area contributed by atoms with Crippen molar-refractivity contribution in [2.75, 3.05) is 6.61 Å². The summed E-state index contributed by atoms with van der Waals surface area (Å²) in [5, 5.41) is 11.6. The van der Waals surface area contributed by atoms with Gasteiger partial charge < -0.3 is 9.84 Å². The molecule has 0 unspecified atom stereocenters. The van der Waals surface area contributed by atoms with E-state index in [0.717, 1.165) is 28.1 Å². The first kappa shape index (κ1) is 16.9. The molecule has 1 N–H and O–H groups in total. The van der Waals surface area contributed by atoms with Gasteiger partial charge in [-0.25, -0.2) is 4.98 Å². The average molecular weight is 376 g/mol. The summed E-state index contributed by atoms with van der Waals surface area (Å²) < 4.78 is 6.06. The van der Waals surface area contributed by atoms with Crippen LogP contribution in [-0.2, 0) is 15.1 Å². The molecule has 1 heterocycles. The molecule has 1 saturated carbocycles. The minimum Gasteiger partial charge on any atom is -0.466 e. The summed E-state index contributed by atoms with van der Waals surface area (Å²) in [7, 11) is 0. The van der Waals surface area contributed by atoms with Crippen LogP contribution in [0.4, 0.5) is 0 Å². The predicted octanol–water partition coefficient (Wildman–Crippen LogP) is 3.73. The average Bonchev–Trinajstić information content (AvgIpc) is 2.86. The molecule has 2 rings (SSSR count). The molecule has 0 bridgehead atoms. The number of nitrogens with zero attached hydrogens (tertiary/aromatic N) is 1. The SMILES string of the molecule is CCOC(=O)[C@@H]1CC[C@@H]([C@@](C)(O)c2ncc(Br)s2)C[C@@H]1C. The molecular weight excluding hydrogens is 354 g/mol. The first-order chi connectivity index (χ1) is 9.86. The summed E-state index contributed by atoms with van der Waals surface area (Å²) in [5.41, 5.74) is -0.940. The van der Waals surface area contributed by atoms with E-state index in [2.05, 4.69) is 27.8 Å². The zero-order chi connectivity index (χ0) is 15.6. The van der Waals surface area contributed by atoms with Crippen LogP contribution in [0.1, 0.15) is 45.0 Å². The van der Waals surface area contributed by atoms with Gasteiger partial charge in [0, 0.05) is 0 Å². The monoisotopic (exact) mass is 375 g/mol. The fraction of sp³-hybridized carbons (Fsp3) is 0.733. The van der Waals surface area contributed by atoms with E-state index in [0.29, 0.717) is 6.61 Å². The maximum Gasteiger partial charge on any atom is 0.309 e. The van der Waals surface area contributed by atoms with Gasteiger partial charge in [0.25, 0.3) is 0 Å². The third kappa shape index (κ3) is 3.66. The first-order valence-corrected chi connectivity index (χ1v) is 8.98. The van der Waals surface area contributed by atoms with Gasteiger partial charge in [0.2, 0.25) is 0 Å². The summed E-state index contributed by atoms with van der Waals surface area (Å²) >= 11 is 4.86. The van der Waals surface area contributed by atoms with Gasteiger partial charge in [-0.15, -0.1) is 11.3 Å². The Hall–Kier alpha value is -0.460. The van der Waals surface area contributed by atoms with Crippen LogP contribution in [0.25, 0.3) is 0 Å². The second kappa shape index (κ2) is 6.75. The lowest BCUT2D eigenvalue weighted by atomic mass is 9.69. The summed E-state index contributed by atoms with van der Waals surface area (Å²) in [5.74, 6) is 0.203. The van der Waals surface area contributed by atoms with Crippen LogP contribution in [0.15, 0.2) is 9.98 Å². The van der Waals surface area contributed by atoms with Gasteiger partial charge in [-0.05, 0) is 60.9 Å². The number of halogens is 1. The van der Waals surface area contributed by atoms with E-state index in [1.54, 1.807) is 6.20 Å². The van der Waals surface area contributed by atoms with E-state index >= 15 is 0 Å². The predicted molar refractivity (Wildman–Crippen MR) is 86.0 cm³/mol. The van der Waals surface area contributed by atoms with Crippen LogP contribution in [-0.4, -0.2) is 22.7 Å². The fourth-order valence-corrected chi connectivity index (χ4v) is 4.50. The highest BCUT2D eigenvalue weighted by Gasteiger charge is 2.43. The van der Waals surface area contributed by atoms with E-state index in [4.69, 9.17) is 4.74 Å². The molecule has 1 aromatic rings. The number of carbonyl (C=O) groups excluding carboxylic acids is 1. The van der Waals surface area contributed by atoms with Crippen LogP contribution < -0.4 is 0 Å². The Labute approximate surface area is 138 Å². The number of hydrogen-bond acceptors (Lipinski definition) is 5. The maximum atomic E-state index is 11.9. The molecule has 21 heavy (non-hydrogen) atoms. The summed E-state index contributed by atoms with van der Waals surface area (Å²) in [6, 6.07) is 0. The normalized spacial score (nSPS) is 28.9. The Kier molecular flexibility index (Phi) is 5.43. The lowest BCUT2D eigenvalue weighted by Crippen LogP contribution is -2.39. The first-order valence-electron chi connectivity index (χ1n) is 7.37. The molecule has 4 nitrogen and oxygen atoms in total. The highest BCUT2D eigenvalue weighted by Crippen LogP contribution is 2.44. The topological polar surface area (TPSA) is 59.4 Å². The lowest BCUT2D eigenvalue weighted by molar-refractivity contribution is -0.153. The highest BCUT2D eigenvalue weighted by molar-refractivity contribution is 9.11. The number of ether oxygens (including phenoxy) is 1. The van der Waals surface area contributed by atoms with Gasteiger partial charge >= 0.3 is 5.97 Å². The van der Waals surface area contributed by atoms with Gasteiger partial charge in [-0.1, -0.05) is 6.92 Å². The van der Waals surface area contributed by atoms with Crippen LogP contribution in [0.3, 0.4) is 0 Å². The molecule has 0 spiro atoms. The zero-order valence-corrected chi connectivity index (χ0v) is 15.0. The molecule has 1 aliphatic rings. The highest BCUT2D eigenvalue weighted by atomic mass is 79.9. The van der Waals surface area contributed by atoms with Crippen LogP contribution in [0.2, 0.25) is 0 Å². The Morgan fingerprint density at radius 1 is 1.62 bits per heavy atom. The number of esters is 1. The molecule has 118 valence electrons. The summed E-state index contributed by atoms with van der Waals surface area (Å²) in [6.07, 6.45) is 4.13. The molecule has 1 aromatic heterocycles. The zero-order valence-electron chi connectivity index (χ0n) is 12.6. The Morgan fingerprint density at radius 3 is 2.86 bits per heavy atom. The second-order valence-corrected chi connectivity index (χ2v) is 8.37. The van der Waals surface area contributed by atoms with Crippen molar-refractivity contribution in [1.82, 2.24) is 4.98 Å². The van der Waals surface area contributed by atoms with Gasteiger partial charge in [0.1, 0.15) is 10.6 Å². The standard InChI is InChI=1S/C15H22BrNO3S/c1-4-20-13(18)11-6-5-10(7-9(11)2)15(3,19)14-17-8-12(16)21-14/h8-11,19H,4-7H2,1-3H3/t9-,10+,11+,15+/m0/s1. The Bertz CT molecular complexity index is 503. The minimum atomic E-state index is -0.940. The quantitative estimate of drug-likeness (QED) is 0.814. The number of carbonyl (C=O) groups is 1. The van der Waals surface area contributed by atoms with Crippen LogP contribution in [0, 0.1) is 17.8 Å². The molecule has 0 amide bonds. The number of thiazole rings is 1. The fourth-order valence-electron chi connectivity index (χ4n) is 3.17. The lowest BCUT2D eigenvalue weighted by Gasteiger charge is -2.39. The number of aromatic nitrogens is 1. The number of rotatable bonds is 4. The van der Waals surface area contributed by atoms with Crippen LogP contribution in [0.5, 0.6) is 0 Å². The van der Waals surface area contributed by atoms with Crippen molar-refractivity contribution in [1.29, 1.82) is 0 Å². The minimum absolute atomic E-state index is 0.0416. The van der Waals surface area contributed by atoms with Crippen molar-refractivity contribution >= 4 is 33.2 Å². The molecule has 0 aliphatic heterocycles. The molecule has 6 heteroatoms. The molecule has 0 radical (unpaired) electrons. The summed E-state index contributed by atoms with van der Waals surface area (Å²) in [4.78, 5) is 16.2. The number of aliphatic hydroxyl groups is 1. The largest absolute Gasteiger partial charge is 0.466 e. The Morgan fingerprint density at radius 2 is 2.33 bits per heavy atom. The molecule has 1 fully saturated rings. The van der Waals surface area contributed by atoms with E-state index in [1.165, 1.54) is 11.3 Å². The second-order valence-electron chi connectivity index (χ2n) is 5.96. The molecule has 4 atom stereocenters. The van der Waals surface area contributed by atoms with Gasteiger partial charge in [0.05, 0.1) is 22.5 Å². The van der Waals surface area contributed by atoms with E-state index in [9.17, 15) is 9.90 Å². The Balaban J connectivity index is 2.06. The van der Waals surface area contributed by atoms with Gasteiger partial charge in [-0.3, -0.25) is 4.79 Å². The molecule has 1 aliphatic carbocycles. The third-order valence-electron chi connectivity index (χ3n) is 4.46. The van der Waals surface area contributed by atoms with E-state index in [1.807, 2.05) is 13.8 Å². The molecular formula is C15H22BrNO3S. The summed E-state index contributed by atoms with van der Waals surface area (Å²) in [6.45, 7) is 6.16. The maximum absolute atomic E-state index is 11.9. The van der Waals surface area contributed by atoms with E-state index < -0.39 is 5.60 Å². The van der Waals surface area contributed by atoms with Crippen molar-refractivity contribution in [3.8, 4) is 0 Å².